The molecule has 0 saturated carbocycles. The molecule has 1 aliphatic heterocycles. The van der Waals surface area contributed by atoms with E-state index >= 15 is 0 Å². The van der Waals surface area contributed by atoms with E-state index in [1.165, 1.54) is 0 Å². The summed E-state index contributed by atoms with van der Waals surface area (Å²) in [4.78, 5) is 4.68. The fraction of sp³-hybridized carbons (Fsp3) is 0.625. The van der Waals surface area contributed by atoms with Crippen molar-refractivity contribution < 1.29 is 9.23 Å². The first kappa shape index (κ1) is 9.19. The summed E-state index contributed by atoms with van der Waals surface area (Å²) in [5.41, 5.74) is 1.13. The van der Waals surface area contributed by atoms with Gasteiger partial charge >= 0.3 is 0 Å². The summed E-state index contributed by atoms with van der Waals surface area (Å²) < 4.78 is 11.4. The normalized spacial score (nSPS) is 24.2. The molecule has 1 atom stereocenters. The first-order chi connectivity index (χ1) is 5.84. The standard InChI is InChI=1S/C8H13FN2O/c1-7-8(3-2-4-10-7)5-12-11-6-9/h3,6-7,10H,2,4-5H2,1H3. The number of oxime groups is 1. The zero-order chi connectivity index (χ0) is 8.81. The van der Waals surface area contributed by atoms with Gasteiger partial charge in [0.2, 0.25) is 6.47 Å². The van der Waals surface area contributed by atoms with Crippen molar-refractivity contribution in [2.24, 2.45) is 5.16 Å². The zero-order valence-electron chi connectivity index (χ0n) is 7.09. The first-order valence-corrected chi connectivity index (χ1v) is 4.01. The smallest absolute Gasteiger partial charge is 0.214 e. The summed E-state index contributed by atoms with van der Waals surface area (Å²) in [5, 5.41) is 6.31. The van der Waals surface area contributed by atoms with Crippen molar-refractivity contribution in [3.63, 3.8) is 0 Å². The highest BCUT2D eigenvalue weighted by molar-refractivity contribution is 5.42. The summed E-state index contributed by atoms with van der Waals surface area (Å²) in [6.45, 7) is 3.57. The Hall–Kier alpha value is -0.900. The van der Waals surface area contributed by atoms with Gasteiger partial charge in [0.05, 0.1) is 0 Å². The van der Waals surface area contributed by atoms with Gasteiger partial charge < -0.3 is 10.2 Å². The van der Waals surface area contributed by atoms with E-state index in [4.69, 9.17) is 0 Å². The molecule has 0 aliphatic carbocycles. The van der Waals surface area contributed by atoms with Crippen LogP contribution in [0.15, 0.2) is 16.8 Å². The number of hydrogen-bond acceptors (Lipinski definition) is 3. The molecular formula is C8H13FN2O. The summed E-state index contributed by atoms with van der Waals surface area (Å²) in [7, 11) is 0. The SMILES string of the molecule is CC1NCCC=C1CON=CF. The van der Waals surface area contributed by atoms with Gasteiger partial charge in [-0.05, 0) is 25.5 Å². The molecular weight excluding hydrogens is 159 g/mol. The van der Waals surface area contributed by atoms with Crippen LogP contribution in [-0.4, -0.2) is 25.7 Å². The highest BCUT2D eigenvalue weighted by Crippen LogP contribution is 2.08. The molecule has 0 aromatic heterocycles. The van der Waals surface area contributed by atoms with Crippen molar-refractivity contribution in [2.75, 3.05) is 13.2 Å². The Bertz CT molecular complexity index is 191. The van der Waals surface area contributed by atoms with Crippen LogP contribution in [0.1, 0.15) is 13.3 Å². The third-order valence-electron chi connectivity index (χ3n) is 1.90. The van der Waals surface area contributed by atoms with Gasteiger partial charge in [-0.25, -0.2) is 0 Å². The van der Waals surface area contributed by atoms with Crippen LogP contribution in [0.3, 0.4) is 0 Å². The minimum absolute atomic E-state index is 0.154. The Labute approximate surface area is 71.3 Å². The van der Waals surface area contributed by atoms with E-state index < -0.39 is 0 Å². The maximum Gasteiger partial charge on any atom is 0.214 e. The zero-order valence-corrected chi connectivity index (χ0v) is 7.09. The number of halogens is 1. The molecule has 0 fully saturated rings. The molecule has 0 bridgehead atoms. The molecule has 0 saturated heterocycles. The molecule has 0 aromatic carbocycles. The average molecular weight is 172 g/mol. The molecule has 0 spiro atoms. The van der Waals surface area contributed by atoms with Gasteiger partial charge in [-0.3, -0.25) is 0 Å². The molecule has 0 amide bonds. The second kappa shape index (κ2) is 4.87. The van der Waals surface area contributed by atoms with E-state index in [1.807, 2.05) is 6.92 Å². The van der Waals surface area contributed by atoms with E-state index in [1.54, 1.807) is 0 Å². The van der Waals surface area contributed by atoms with E-state index in [0.717, 1.165) is 18.5 Å². The van der Waals surface area contributed by atoms with Crippen LogP contribution >= 0.6 is 0 Å². The Morgan fingerprint density at radius 2 is 2.75 bits per heavy atom. The van der Waals surface area contributed by atoms with Gasteiger partial charge in [-0.15, -0.1) is 0 Å². The lowest BCUT2D eigenvalue weighted by molar-refractivity contribution is 0.160. The van der Waals surface area contributed by atoms with Crippen LogP contribution in [0, 0.1) is 0 Å². The molecule has 3 nitrogen and oxygen atoms in total. The highest BCUT2D eigenvalue weighted by Gasteiger charge is 2.11. The summed E-state index contributed by atoms with van der Waals surface area (Å²) in [5.74, 6) is 0. The van der Waals surface area contributed by atoms with Crippen molar-refractivity contribution in [2.45, 2.75) is 19.4 Å². The van der Waals surface area contributed by atoms with Crippen LogP contribution in [0.2, 0.25) is 0 Å². The van der Waals surface area contributed by atoms with Gasteiger partial charge in [-0.2, -0.15) is 4.39 Å². The van der Waals surface area contributed by atoms with Gasteiger partial charge in [0.1, 0.15) is 6.61 Å². The van der Waals surface area contributed by atoms with E-state index in [0.29, 0.717) is 12.6 Å². The van der Waals surface area contributed by atoms with Crippen molar-refractivity contribution in [1.82, 2.24) is 5.32 Å². The molecule has 1 unspecified atom stereocenters. The highest BCUT2D eigenvalue weighted by atomic mass is 19.1. The maximum atomic E-state index is 11.4. The fourth-order valence-corrected chi connectivity index (χ4v) is 1.19. The molecule has 1 rings (SSSR count). The molecule has 1 aliphatic rings. The van der Waals surface area contributed by atoms with E-state index in [-0.39, 0.29) is 6.47 Å². The van der Waals surface area contributed by atoms with E-state index in [9.17, 15) is 4.39 Å². The second-order valence-electron chi connectivity index (χ2n) is 2.72. The number of hydrogen-bond donors (Lipinski definition) is 1. The monoisotopic (exact) mass is 172 g/mol. The van der Waals surface area contributed by atoms with Crippen molar-refractivity contribution in [1.29, 1.82) is 0 Å². The number of nitrogens with zero attached hydrogens (tertiary/aromatic N) is 1. The number of rotatable bonds is 3. The lowest BCUT2D eigenvalue weighted by Gasteiger charge is -2.20. The first-order valence-electron chi connectivity index (χ1n) is 4.01. The van der Waals surface area contributed by atoms with E-state index in [2.05, 4.69) is 21.4 Å². The Morgan fingerprint density at radius 1 is 1.92 bits per heavy atom. The molecule has 68 valence electrons. The molecule has 1 heterocycles. The van der Waals surface area contributed by atoms with Gasteiger partial charge in [0, 0.05) is 6.04 Å². The minimum atomic E-state index is 0.154. The quantitative estimate of drug-likeness (QED) is 0.394. The lowest BCUT2D eigenvalue weighted by Crippen LogP contribution is -2.33. The van der Waals surface area contributed by atoms with Gasteiger partial charge in [0.15, 0.2) is 0 Å². The summed E-state index contributed by atoms with van der Waals surface area (Å²) in [6, 6.07) is 0.313. The Balaban J connectivity index is 2.33. The molecule has 4 heteroatoms. The minimum Gasteiger partial charge on any atom is -0.389 e. The number of nitrogens with one attached hydrogen (secondary N) is 1. The van der Waals surface area contributed by atoms with Crippen LogP contribution in [0.5, 0.6) is 0 Å². The predicted octanol–water partition coefficient (Wildman–Crippen LogP) is 1.22. The van der Waals surface area contributed by atoms with Crippen molar-refractivity contribution in [3.05, 3.63) is 11.6 Å². The molecule has 0 aromatic rings. The largest absolute Gasteiger partial charge is 0.389 e. The molecule has 1 N–H and O–H groups in total. The maximum absolute atomic E-state index is 11.4. The summed E-state index contributed by atoms with van der Waals surface area (Å²) >= 11 is 0. The van der Waals surface area contributed by atoms with Gasteiger partial charge in [0.25, 0.3) is 0 Å². The predicted molar refractivity (Wildman–Crippen MR) is 45.7 cm³/mol. The third kappa shape index (κ3) is 2.62. The second-order valence-corrected chi connectivity index (χ2v) is 2.72. The van der Waals surface area contributed by atoms with Crippen LogP contribution in [0.4, 0.5) is 4.39 Å². The average Bonchev–Trinajstić information content (AvgIpc) is 2.09. The topological polar surface area (TPSA) is 33.6 Å². The fourth-order valence-electron chi connectivity index (χ4n) is 1.19. The van der Waals surface area contributed by atoms with Crippen LogP contribution < -0.4 is 5.32 Å². The van der Waals surface area contributed by atoms with Crippen LogP contribution in [0.25, 0.3) is 0 Å². The van der Waals surface area contributed by atoms with Crippen molar-refractivity contribution >= 4 is 6.47 Å². The molecule has 0 radical (unpaired) electrons. The Morgan fingerprint density at radius 3 is 3.42 bits per heavy atom. The van der Waals surface area contributed by atoms with Gasteiger partial charge in [-0.1, -0.05) is 11.2 Å². The molecule has 12 heavy (non-hydrogen) atoms. The third-order valence-corrected chi connectivity index (χ3v) is 1.90. The summed E-state index contributed by atoms with van der Waals surface area (Å²) in [6.07, 6.45) is 3.11. The van der Waals surface area contributed by atoms with Crippen LogP contribution in [-0.2, 0) is 4.84 Å². The van der Waals surface area contributed by atoms with Crippen molar-refractivity contribution in [3.8, 4) is 0 Å². The lowest BCUT2D eigenvalue weighted by atomic mass is 10.1. The Kier molecular flexibility index (Phi) is 3.73.